The minimum absolute atomic E-state index is 0.0232. The van der Waals surface area contributed by atoms with E-state index in [1.54, 1.807) is 18.1 Å². The molecule has 0 atom stereocenters. The fourth-order valence-corrected chi connectivity index (χ4v) is 5.95. The number of aryl methyl sites for hydroxylation is 1. The number of ether oxygens (including phenoxy) is 2. The normalized spacial score (nSPS) is 14.2. The Kier molecular flexibility index (Phi) is 8.33. The molecule has 5 aromatic rings. The summed E-state index contributed by atoms with van der Waals surface area (Å²) in [6.45, 7) is 3.29. The topological polar surface area (TPSA) is 67.9 Å². The maximum Gasteiger partial charge on any atom is 0.415 e. The zero-order valence-electron chi connectivity index (χ0n) is 25.1. The molecular weight excluding hydrogens is 548 g/mol. The highest BCUT2D eigenvalue weighted by molar-refractivity contribution is 5.89. The van der Waals surface area contributed by atoms with Gasteiger partial charge in [0.1, 0.15) is 11.5 Å². The third kappa shape index (κ3) is 6.16. The number of carbonyl (C=O) groups is 2. The van der Waals surface area contributed by atoms with Crippen LogP contribution in [0.2, 0.25) is 0 Å². The van der Waals surface area contributed by atoms with E-state index in [1.807, 2.05) is 79.7 Å². The minimum Gasteiger partial charge on any atom is -0.497 e. The van der Waals surface area contributed by atoms with Gasteiger partial charge in [-0.1, -0.05) is 96.6 Å². The van der Waals surface area contributed by atoms with Crippen molar-refractivity contribution in [2.24, 2.45) is 0 Å². The van der Waals surface area contributed by atoms with Crippen LogP contribution in [0.4, 0.5) is 4.79 Å². The number of amides is 2. The highest BCUT2D eigenvalue weighted by Crippen LogP contribution is 2.37. The molecule has 0 radical (unpaired) electrons. The van der Waals surface area contributed by atoms with Gasteiger partial charge in [-0.2, -0.15) is 0 Å². The van der Waals surface area contributed by atoms with E-state index in [2.05, 4.69) is 41.7 Å². The van der Waals surface area contributed by atoms with Crippen molar-refractivity contribution in [3.8, 4) is 22.6 Å². The van der Waals surface area contributed by atoms with Crippen molar-refractivity contribution in [2.45, 2.75) is 31.7 Å². The maximum atomic E-state index is 14.0. The summed E-state index contributed by atoms with van der Waals surface area (Å²) < 4.78 is 11.1. The van der Waals surface area contributed by atoms with Crippen LogP contribution in [0.5, 0.6) is 11.5 Å². The summed E-state index contributed by atoms with van der Waals surface area (Å²) in [5.41, 5.74) is 4.69. The quantitative estimate of drug-likeness (QED) is 0.213. The molecular formula is C38H36N2O4. The van der Waals surface area contributed by atoms with E-state index in [0.717, 1.165) is 44.3 Å². The van der Waals surface area contributed by atoms with Gasteiger partial charge in [0.25, 0.3) is 0 Å². The van der Waals surface area contributed by atoms with Crippen LogP contribution in [-0.4, -0.2) is 37.1 Å². The Bertz CT molecular complexity index is 1760. The summed E-state index contributed by atoms with van der Waals surface area (Å²) in [6, 6.07) is 38.1. The van der Waals surface area contributed by atoms with E-state index in [-0.39, 0.29) is 5.91 Å². The molecule has 5 aromatic carbocycles. The molecule has 222 valence electrons. The van der Waals surface area contributed by atoms with Gasteiger partial charge in [0.05, 0.1) is 12.5 Å². The van der Waals surface area contributed by atoms with E-state index in [0.29, 0.717) is 38.2 Å². The molecule has 0 aliphatic carbocycles. The van der Waals surface area contributed by atoms with E-state index in [1.165, 1.54) is 0 Å². The number of fused-ring (bicyclic) bond motifs is 1. The lowest BCUT2D eigenvalue weighted by atomic mass is 9.71. The van der Waals surface area contributed by atoms with Crippen molar-refractivity contribution in [1.29, 1.82) is 0 Å². The number of hydrogen-bond donors (Lipinski definition) is 1. The van der Waals surface area contributed by atoms with Crippen molar-refractivity contribution in [3.05, 3.63) is 132 Å². The number of benzene rings is 5. The zero-order valence-corrected chi connectivity index (χ0v) is 25.1. The van der Waals surface area contributed by atoms with Gasteiger partial charge in [0.15, 0.2) is 0 Å². The van der Waals surface area contributed by atoms with E-state index >= 15 is 0 Å². The minimum atomic E-state index is -0.742. The Labute approximate surface area is 258 Å². The van der Waals surface area contributed by atoms with Crippen LogP contribution < -0.4 is 14.8 Å². The molecule has 1 aliphatic heterocycles. The van der Waals surface area contributed by atoms with Crippen LogP contribution in [-0.2, 0) is 16.8 Å². The zero-order chi connectivity index (χ0) is 30.5. The standard InChI is InChI=1S/C38H36N2O4/c1-27-8-16-33(17-9-27)38(36(41)39-26-28-10-12-30(13-11-28)29-6-4-3-5-7-29)20-22-40(23-21-38)37(42)44-35-19-15-31-14-18-34(43-2)24-32(31)25-35/h3-19,24-25H,20-23,26H2,1-2H3,(H,39,41). The first-order valence-electron chi connectivity index (χ1n) is 15.0. The molecule has 0 unspecified atom stereocenters. The lowest BCUT2D eigenvalue weighted by molar-refractivity contribution is -0.128. The molecule has 1 saturated heterocycles. The first-order chi connectivity index (χ1) is 21.4. The Balaban J connectivity index is 1.14. The summed E-state index contributed by atoms with van der Waals surface area (Å²) in [7, 11) is 1.63. The molecule has 0 saturated carbocycles. The van der Waals surface area contributed by atoms with Gasteiger partial charge in [-0.15, -0.1) is 0 Å². The van der Waals surface area contributed by atoms with Crippen LogP contribution in [0.3, 0.4) is 0 Å². The molecule has 1 aliphatic rings. The fourth-order valence-electron chi connectivity index (χ4n) is 5.95. The Morgan fingerprint density at radius 1 is 0.750 bits per heavy atom. The van der Waals surface area contributed by atoms with Gasteiger partial charge in [-0.3, -0.25) is 4.79 Å². The number of nitrogens with one attached hydrogen (secondary N) is 1. The molecule has 2 amide bonds. The number of methoxy groups -OCH3 is 1. The second-order valence-corrected chi connectivity index (χ2v) is 11.4. The molecule has 44 heavy (non-hydrogen) atoms. The highest BCUT2D eigenvalue weighted by Gasteiger charge is 2.44. The largest absolute Gasteiger partial charge is 0.497 e. The van der Waals surface area contributed by atoms with E-state index < -0.39 is 11.5 Å². The third-order valence-electron chi connectivity index (χ3n) is 8.65. The number of rotatable bonds is 7. The maximum absolute atomic E-state index is 14.0. The van der Waals surface area contributed by atoms with Crippen molar-refractivity contribution >= 4 is 22.8 Å². The first kappa shape index (κ1) is 29.0. The number of likely N-dealkylation sites (tertiary alicyclic amines) is 1. The van der Waals surface area contributed by atoms with E-state index in [9.17, 15) is 9.59 Å². The van der Waals surface area contributed by atoms with Gasteiger partial charge < -0.3 is 19.7 Å². The molecule has 0 bridgehead atoms. The average Bonchev–Trinajstić information content (AvgIpc) is 3.07. The van der Waals surface area contributed by atoms with Crippen LogP contribution in [0.15, 0.2) is 115 Å². The molecule has 6 nitrogen and oxygen atoms in total. The van der Waals surface area contributed by atoms with Crippen LogP contribution in [0.1, 0.15) is 29.5 Å². The van der Waals surface area contributed by atoms with Gasteiger partial charge in [-0.05, 0) is 77.1 Å². The van der Waals surface area contributed by atoms with Crippen LogP contribution >= 0.6 is 0 Å². The molecule has 6 heteroatoms. The Morgan fingerprint density at radius 3 is 2.07 bits per heavy atom. The third-order valence-corrected chi connectivity index (χ3v) is 8.65. The summed E-state index contributed by atoms with van der Waals surface area (Å²) in [5.74, 6) is 1.19. The molecule has 1 heterocycles. The van der Waals surface area contributed by atoms with Crippen molar-refractivity contribution in [1.82, 2.24) is 10.2 Å². The number of hydrogen-bond acceptors (Lipinski definition) is 4. The van der Waals surface area contributed by atoms with Gasteiger partial charge in [0, 0.05) is 19.6 Å². The Hall–Kier alpha value is -5.10. The summed E-state index contributed by atoms with van der Waals surface area (Å²) in [6.07, 6.45) is 0.584. The highest BCUT2D eigenvalue weighted by atomic mass is 16.6. The lowest BCUT2D eigenvalue weighted by Crippen LogP contribution is -2.53. The smallest absolute Gasteiger partial charge is 0.415 e. The van der Waals surface area contributed by atoms with Crippen molar-refractivity contribution < 1.29 is 19.1 Å². The molecule has 1 fully saturated rings. The summed E-state index contributed by atoms with van der Waals surface area (Å²) >= 11 is 0. The SMILES string of the molecule is COc1ccc2ccc(OC(=O)N3CCC(C(=O)NCc4ccc(-c5ccccc5)cc4)(c4ccc(C)cc4)CC3)cc2c1. The van der Waals surface area contributed by atoms with E-state index in [4.69, 9.17) is 9.47 Å². The first-order valence-corrected chi connectivity index (χ1v) is 15.0. The number of piperidine rings is 1. The number of carbonyl (C=O) groups excluding carboxylic acids is 2. The lowest BCUT2D eigenvalue weighted by Gasteiger charge is -2.40. The van der Waals surface area contributed by atoms with Gasteiger partial charge >= 0.3 is 6.09 Å². The molecule has 0 spiro atoms. The monoisotopic (exact) mass is 584 g/mol. The molecule has 0 aromatic heterocycles. The predicted molar refractivity (Wildman–Crippen MR) is 174 cm³/mol. The van der Waals surface area contributed by atoms with Crippen molar-refractivity contribution in [3.63, 3.8) is 0 Å². The Morgan fingerprint density at radius 2 is 1.39 bits per heavy atom. The summed E-state index contributed by atoms with van der Waals surface area (Å²) in [4.78, 5) is 28.9. The second kappa shape index (κ2) is 12.6. The fraction of sp³-hybridized carbons (Fsp3) is 0.211. The van der Waals surface area contributed by atoms with Gasteiger partial charge in [0.2, 0.25) is 5.91 Å². The molecule has 6 rings (SSSR count). The summed E-state index contributed by atoms with van der Waals surface area (Å²) in [5, 5.41) is 5.17. The second-order valence-electron chi connectivity index (χ2n) is 11.4. The van der Waals surface area contributed by atoms with Crippen LogP contribution in [0, 0.1) is 6.92 Å². The van der Waals surface area contributed by atoms with Gasteiger partial charge in [-0.25, -0.2) is 4.79 Å². The number of nitrogens with zero attached hydrogens (tertiary/aromatic N) is 1. The predicted octanol–water partition coefficient (Wildman–Crippen LogP) is 7.67. The average molecular weight is 585 g/mol. The molecule has 1 N–H and O–H groups in total. The van der Waals surface area contributed by atoms with Crippen molar-refractivity contribution in [2.75, 3.05) is 20.2 Å². The van der Waals surface area contributed by atoms with Crippen LogP contribution in [0.25, 0.3) is 21.9 Å².